The maximum absolute atomic E-state index is 13.0. The summed E-state index contributed by atoms with van der Waals surface area (Å²) in [6.45, 7) is 6.33. The average Bonchev–Trinajstić information content (AvgIpc) is 3.12. The lowest BCUT2D eigenvalue weighted by atomic mass is 10.2. The van der Waals surface area contributed by atoms with Gasteiger partial charge in [0.2, 0.25) is 11.8 Å². The summed E-state index contributed by atoms with van der Waals surface area (Å²) in [6.07, 6.45) is 0. The van der Waals surface area contributed by atoms with Gasteiger partial charge in [-0.05, 0) is 43.3 Å². The summed E-state index contributed by atoms with van der Waals surface area (Å²) >= 11 is 0. The van der Waals surface area contributed by atoms with E-state index in [1.807, 2.05) is 37.3 Å². The van der Waals surface area contributed by atoms with Crippen LogP contribution in [0.5, 0.6) is 0 Å². The van der Waals surface area contributed by atoms with Crippen molar-refractivity contribution < 1.29 is 13.6 Å². The maximum atomic E-state index is 13.0. The Bertz CT molecular complexity index is 980. The number of carbonyl (C=O) groups excluding carboxylic acids is 1. The molecule has 0 saturated carbocycles. The summed E-state index contributed by atoms with van der Waals surface area (Å²) in [6, 6.07) is 15.7. The van der Waals surface area contributed by atoms with Gasteiger partial charge in [0.1, 0.15) is 11.6 Å². The fourth-order valence-electron chi connectivity index (χ4n) is 3.53. The number of aromatic nitrogens is 1. The SMILES string of the molecule is Cc1oc(-c2ccccc2)nc1CN1CCN(CC(=O)Nc2ccc(F)cc2)CC1. The molecule has 1 N–H and O–H groups in total. The zero-order valence-corrected chi connectivity index (χ0v) is 17.0. The van der Waals surface area contributed by atoms with Crippen LogP contribution >= 0.6 is 0 Å². The van der Waals surface area contributed by atoms with Crippen molar-refractivity contribution >= 4 is 11.6 Å². The van der Waals surface area contributed by atoms with E-state index in [1.54, 1.807) is 12.1 Å². The van der Waals surface area contributed by atoms with Crippen molar-refractivity contribution in [1.82, 2.24) is 14.8 Å². The van der Waals surface area contributed by atoms with Gasteiger partial charge in [-0.2, -0.15) is 0 Å². The minimum Gasteiger partial charge on any atom is -0.441 e. The number of amides is 1. The highest BCUT2D eigenvalue weighted by Gasteiger charge is 2.21. The lowest BCUT2D eigenvalue weighted by molar-refractivity contribution is -0.117. The molecule has 30 heavy (non-hydrogen) atoms. The van der Waals surface area contributed by atoms with Crippen molar-refractivity contribution in [3.8, 4) is 11.5 Å². The van der Waals surface area contributed by atoms with Gasteiger partial charge in [-0.3, -0.25) is 14.6 Å². The van der Waals surface area contributed by atoms with E-state index in [0.29, 0.717) is 18.1 Å². The molecule has 1 amide bonds. The number of nitrogens with zero attached hydrogens (tertiary/aromatic N) is 3. The molecule has 7 heteroatoms. The third-order valence-corrected chi connectivity index (χ3v) is 5.25. The van der Waals surface area contributed by atoms with Crippen molar-refractivity contribution in [2.45, 2.75) is 13.5 Å². The van der Waals surface area contributed by atoms with Crippen LogP contribution in [0.15, 0.2) is 59.0 Å². The number of hydrogen-bond donors (Lipinski definition) is 1. The zero-order chi connectivity index (χ0) is 20.9. The second kappa shape index (κ2) is 9.19. The molecule has 1 fully saturated rings. The van der Waals surface area contributed by atoms with Gasteiger partial charge in [-0.1, -0.05) is 18.2 Å². The molecule has 0 atom stereocenters. The normalized spacial score (nSPS) is 15.3. The molecule has 0 aliphatic carbocycles. The number of aryl methyl sites for hydroxylation is 1. The Balaban J connectivity index is 1.26. The molecule has 2 heterocycles. The maximum Gasteiger partial charge on any atom is 0.238 e. The fourth-order valence-corrected chi connectivity index (χ4v) is 3.53. The minimum atomic E-state index is -0.317. The lowest BCUT2D eigenvalue weighted by Gasteiger charge is -2.33. The molecule has 2 aromatic carbocycles. The summed E-state index contributed by atoms with van der Waals surface area (Å²) in [5.74, 6) is 1.09. The second-order valence-corrected chi connectivity index (χ2v) is 7.50. The van der Waals surface area contributed by atoms with E-state index in [2.05, 4.69) is 20.1 Å². The first-order valence-corrected chi connectivity index (χ1v) is 10.1. The molecular formula is C23H25FN4O2. The number of oxazole rings is 1. The van der Waals surface area contributed by atoms with Crippen molar-refractivity contribution in [3.63, 3.8) is 0 Å². The van der Waals surface area contributed by atoms with Gasteiger partial charge in [-0.15, -0.1) is 0 Å². The zero-order valence-electron chi connectivity index (χ0n) is 17.0. The minimum absolute atomic E-state index is 0.0880. The molecule has 0 spiro atoms. The third kappa shape index (κ3) is 5.11. The molecule has 1 aliphatic rings. The third-order valence-electron chi connectivity index (χ3n) is 5.25. The van der Waals surface area contributed by atoms with Crippen LogP contribution in [0, 0.1) is 12.7 Å². The number of nitrogens with one attached hydrogen (secondary N) is 1. The van der Waals surface area contributed by atoms with Crippen molar-refractivity contribution in [2.75, 3.05) is 38.0 Å². The van der Waals surface area contributed by atoms with Gasteiger partial charge >= 0.3 is 0 Å². The largest absolute Gasteiger partial charge is 0.441 e. The van der Waals surface area contributed by atoms with Crippen LogP contribution in [-0.2, 0) is 11.3 Å². The Hall–Kier alpha value is -3.03. The Morgan fingerprint density at radius 1 is 1.03 bits per heavy atom. The lowest BCUT2D eigenvalue weighted by Crippen LogP contribution is -2.48. The molecule has 3 aromatic rings. The number of halogens is 1. The first-order valence-electron chi connectivity index (χ1n) is 10.1. The quantitative estimate of drug-likeness (QED) is 0.676. The molecule has 6 nitrogen and oxygen atoms in total. The molecular weight excluding hydrogens is 383 g/mol. The highest BCUT2D eigenvalue weighted by Crippen LogP contribution is 2.22. The van der Waals surface area contributed by atoms with Gasteiger partial charge in [0.05, 0.1) is 12.2 Å². The Morgan fingerprint density at radius 2 is 1.70 bits per heavy atom. The topological polar surface area (TPSA) is 61.6 Å². The first-order chi connectivity index (χ1) is 14.6. The van der Waals surface area contributed by atoms with Gasteiger partial charge in [-0.25, -0.2) is 9.37 Å². The number of rotatable bonds is 6. The predicted octanol–water partition coefficient (Wildman–Crippen LogP) is 3.55. The average molecular weight is 408 g/mol. The van der Waals surface area contributed by atoms with Crippen LogP contribution in [0.4, 0.5) is 10.1 Å². The van der Waals surface area contributed by atoms with Crippen molar-refractivity contribution in [3.05, 3.63) is 71.9 Å². The van der Waals surface area contributed by atoms with Crippen molar-refractivity contribution in [1.29, 1.82) is 0 Å². The van der Waals surface area contributed by atoms with Gasteiger partial charge in [0.25, 0.3) is 0 Å². The summed E-state index contributed by atoms with van der Waals surface area (Å²) in [5.41, 5.74) is 2.54. The van der Waals surface area contributed by atoms with E-state index < -0.39 is 0 Å². The highest BCUT2D eigenvalue weighted by molar-refractivity contribution is 5.92. The van der Waals surface area contributed by atoms with E-state index in [0.717, 1.165) is 49.7 Å². The summed E-state index contributed by atoms with van der Waals surface area (Å²) in [4.78, 5) is 21.4. The predicted molar refractivity (Wildman–Crippen MR) is 113 cm³/mol. The van der Waals surface area contributed by atoms with Crippen LogP contribution in [0.1, 0.15) is 11.5 Å². The van der Waals surface area contributed by atoms with Gasteiger partial charge in [0.15, 0.2) is 0 Å². The molecule has 156 valence electrons. The van der Waals surface area contributed by atoms with E-state index in [9.17, 15) is 9.18 Å². The molecule has 1 aromatic heterocycles. The van der Waals surface area contributed by atoms with Gasteiger partial charge < -0.3 is 9.73 Å². The van der Waals surface area contributed by atoms with E-state index in [1.165, 1.54) is 12.1 Å². The first kappa shape index (κ1) is 20.3. The molecule has 0 radical (unpaired) electrons. The number of piperazine rings is 1. The Morgan fingerprint density at radius 3 is 2.40 bits per heavy atom. The number of hydrogen-bond acceptors (Lipinski definition) is 5. The molecule has 0 bridgehead atoms. The molecule has 1 aliphatic heterocycles. The monoisotopic (exact) mass is 408 g/mol. The van der Waals surface area contributed by atoms with E-state index in [-0.39, 0.29) is 11.7 Å². The van der Waals surface area contributed by atoms with Crippen LogP contribution in [0.25, 0.3) is 11.5 Å². The fraction of sp³-hybridized carbons (Fsp3) is 0.304. The summed E-state index contributed by atoms with van der Waals surface area (Å²) in [5, 5.41) is 2.81. The van der Waals surface area contributed by atoms with Gasteiger partial charge in [0, 0.05) is 44.0 Å². The Kier molecular flexibility index (Phi) is 6.21. The van der Waals surface area contributed by atoms with Crippen molar-refractivity contribution in [2.24, 2.45) is 0 Å². The van der Waals surface area contributed by atoms with Crippen LogP contribution in [0.2, 0.25) is 0 Å². The number of benzene rings is 2. The second-order valence-electron chi connectivity index (χ2n) is 7.50. The standard InChI is InChI=1S/C23H25FN4O2/c1-17-21(26-23(30-17)18-5-3-2-4-6-18)15-27-11-13-28(14-12-27)16-22(29)25-20-9-7-19(24)8-10-20/h2-10H,11-16H2,1H3,(H,25,29). The molecule has 1 saturated heterocycles. The van der Waals surface area contributed by atoms with Crippen LogP contribution < -0.4 is 5.32 Å². The number of carbonyl (C=O) groups is 1. The summed E-state index contributed by atoms with van der Waals surface area (Å²) in [7, 11) is 0. The number of anilines is 1. The smallest absolute Gasteiger partial charge is 0.238 e. The summed E-state index contributed by atoms with van der Waals surface area (Å²) < 4.78 is 18.8. The Labute approximate surface area is 175 Å². The van der Waals surface area contributed by atoms with Crippen LogP contribution in [-0.4, -0.2) is 53.4 Å². The van der Waals surface area contributed by atoms with E-state index >= 15 is 0 Å². The molecule has 0 unspecified atom stereocenters. The van der Waals surface area contributed by atoms with Crippen LogP contribution in [0.3, 0.4) is 0 Å². The molecule has 4 rings (SSSR count). The van der Waals surface area contributed by atoms with E-state index in [4.69, 9.17) is 4.42 Å². The highest BCUT2D eigenvalue weighted by atomic mass is 19.1.